The zero-order valence-electron chi connectivity index (χ0n) is 16.9. The van der Waals surface area contributed by atoms with E-state index in [-0.39, 0.29) is 36.5 Å². The monoisotopic (exact) mass is 574 g/mol. The van der Waals surface area contributed by atoms with Gasteiger partial charge in [0.2, 0.25) is 0 Å². The summed E-state index contributed by atoms with van der Waals surface area (Å²) in [4.78, 5) is 18.0. The van der Waals surface area contributed by atoms with E-state index in [0.29, 0.717) is 18.8 Å². The number of amides is 1. The van der Waals surface area contributed by atoms with Gasteiger partial charge < -0.3 is 20.3 Å². The summed E-state index contributed by atoms with van der Waals surface area (Å²) < 4.78 is 6.63. The van der Waals surface area contributed by atoms with Gasteiger partial charge >= 0.3 is 0 Å². The third-order valence-electron chi connectivity index (χ3n) is 4.03. The Morgan fingerprint density at radius 3 is 2.62 bits per heavy atom. The summed E-state index contributed by atoms with van der Waals surface area (Å²) in [5.41, 5.74) is 2.23. The molecular formula is C21H28BrIN4O2. The Labute approximate surface area is 198 Å². The summed E-state index contributed by atoms with van der Waals surface area (Å²) in [7, 11) is 3.77. The van der Waals surface area contributed by atoms with Crippen LogP contribution in [0.4, 0.5) is 0 Å². The molecule has 0 bridgehead atoms. The maximum atomic E-state index is 11.5. The van der Waals surface area contributed by atoms with Gasteiger partial charge in [-0.15, -0.1) is 24.0 Å². The Morgan fingerprint density at radius 1 is 1.17 bits per heavy atom. The van der Waals surface area contributed by atoms with Crippen LogP contribution in [0.1, 0.15) is 18.1 Å². The summed E-state index contributed by atoms with van der Waals surface area (Å²) in [5, 5.41) is 6.08. The average Bonchev–Trinajstić information content (AvgIpc) is 2.69. The molecule has 6 nitrogen and oxygen atoms in total. The van der Waals surface area contributed by atoms with E-state index in [1.807, 2.05) is 56.4 Å². The van der Waals surface area contributed by atoms with Crippen LogP contribution in [-0.2, 0) is 17.9 Å². The van der Waals surface area contributed by atoms with E-state index in [1.54, 1.807) is 7.05 Å². The lowest BCUT2D eigenvalue weighted by Crippen LogP contribution is -2.38. The van der Waals surface area contributed by atoms with Crippen molar-refractivity contribution in [2.45, 2.75) is 20.0 Å². The molecule has 0 heterocycles. The number of ether oxygens (including phenoxy) is 1. The van der Waals surface area contributed by atoms with E-state index in [1.165, 1.54) is 5.56 Å². The first-order valence-electron chi connectivity index (χ1n) is 9.17. The van der Waals surface area contributed by atoms with Crippen LogP contribution in [0.25, 0.3) is 0 Å². The van der Waals surface area contributed by atoms with E-state index < -0.39 is 0 Å². The van der Waals surface area contributed by atoms with Crippen molar-refractivity contribution in [3.8, 4) is 5.75 Å². The van der Waals surface area contributed by atoms with E-state index in [0.717, 1.165) is 22.5 Å². The van der Waals surface area contributed by atoms with Gasteiger partial charge in [0, 0.05) is 38.2 Å². The number of hydrogen-bond acceptors (Lipinski definition) is 3. The Hall–Kier alpha value is -1.81. The van der Waals surface area contributed by atoms with Crippen LogP contribution in [0.3, 0.4) is 0 Å². The quantitative estimate of drug-likeness (QED) is 0.286. The smallest absolute Gasteiger partial charge is 0.257 e. The molecule has 0 aliphatic rings. The summed E-state index contributed by atoms with van der Waals surface area (Å²) in [6.45, 7) is 3.83. The van der Waals surface area contributed by atoms with Crippen molar-refractivity contribution < 1.29 is 9.53 Å². The van der Waals surface area contributed by atoms with Crippen molar-refractivity contribution >= 4 is 51.8 Å². The number of nitrogens with one attached hydrogen (secondary N) is 2. The molecule has 2 N–H and O–H groups in total. The van der Waals surface area contributed by atoms with Crippen LogP contribution in [0.2, 0.25) is 0 Å². The van der Waals surface area contributed by atoms with Crippen LogP contribution in [0, 0.1) is 0 Å². The predicted octanol–water partition coefficient (Wildman–Crippen LogP) is 3.79. The SMILES string of the molecule is CCNC(=O)COc1cccc(CNC(=NC)N(C)Cc2ccccc2Br)c1.I. The molecular weight excluding hydrogens is 547 g/mol. The minimum absolute atomic E-state index is 0. The fraction of sp³-hybridized carbons (Fsp3) is 0.333. The fourth-order valence-electron chi connectivity index (χ4n) is 2.67. The van der Waals surface area contributed by atoms with E-state index in [4.69, 9.17) is 4.74 Å². The van der Waals surface area contributed by atoms with Crippen LogP contribution in [-0.4, -0.2) is 44.0 Å². The average molecular weight is 575 g/mol. The minimum atomic E-state index is -0.125. The molecule has 0 aliphatic carbocycles. The van der Waals surface area contributed by atoms with Gasteiger partial charge in [0.05, 0.1) is 0 Å². The molecule has 0 saturated carbocycles. The third-order valence-corrected chi connectivity index (χ3v) is 4.81. The molecule has 0 spiro atoms. The maximum absolute atomic E-state index is 11.5. The molecule has 2 rings (SSSR count). The number of hydrogen-bond donors (Lipinski definition) is 2. The number of carbonyl (C=O) groups is 1. The van der Waals surface area contributed by atoms with Crippen molar-refractivity contribution in [3.05, 3.63) is 64.1 Å². The fourth-order valence-corrected chi connectivity index (χ4v) is 3.08. The molecule has 0 aromatic heterocycles. The number of aliphatic imine (C=N–C) groups is 1. The first-order chi connectivity index (χ1) is 13.5. The lowest BCUT2D eigenvalue weighted by Gasteiger charge is -2.23. The third kappa shape index (κ3) is 8.61. The summed E-state index contributed by atoms with van der Waals surface area (Å²) >= 11 is 3.58. The van der Waals surface area contributed by atoms with Gasteiger partial charge in [-0.25, -0.2) is 0 Å². The van der Waals surface area contributed by atoms with Gasteiger partial charge in [-0.05, 0) is 36.2 Å². The Morgan fingerprint density at radius 2 is 1.93 bits per heavy atom. The highest BCUT2D eigenvalue weighted by atomic mass is 127. The molecule has 8 heteroatoms. The van der Waals surface area contributed by atoms with E-state index in [2.05, 4.69) is 42.5 Å². The molecule has 0 saturated heterocycles. The molecule has 2 aromatic rings. The standard InChI is InChI=1S/C21H27BrN4O2.HI/c1-4-24-20(27)15-28-18-10-7-8-16(12-18)13-25-21(23-2)26(3)14-17-9-5-6-11-19(17)22;/h5-12H,4,13-15H2,1-3H3,(H,23,25)(H,24,27);1H. The van der Waals surface area contributed by atoms with Gasteiger partial charge in [0.15, 0.2) is 12.6 Å². The lowest BCUT2D eigenvalue weighted by molar-refractivity contribution is -0.122. The molecule has 0 aliphatic heterocycles. The van der Waals surface area contributed by atoms with E-state index >= 15 is 0 Å². The number of halogens is 2. The topological polar surface area (TPSA) is 66.0 Å². The number of guanidine groups is 1. The number of rotatable bonds is 8. The van der Waals surface area contributed by atoms with Gasteiger partial charge in [0.25, 0.3) is 5.91 Å². The predicted molar refractivity (Wildman–Crippen MR) is 132 cm³/mol. The second-order valence-electron chi connectivity index (χ2n) is 6.24. The Balaban J connectivity index is 0.00000420. The van der Waals surface area contributed by atoms with Crippen molar-refractivity contribution in [3.63, 3.8) is 0 Å². The van der Waals surface area contributed by atoms with Crippen LogP contribution < -0.4 is 15.4 Å². The van der Waals surface area contributed by atoms with Gasteiger partial charge in [-0.1, -0.05) is 46.3 Å². The van der Waals surface area contributed by atoms with Gasteiger partial charge in [-0.2, -0.15) is 0 Å². The van der Waals surface area contributed by atoms with Crippen LogP contribution in [0.5, 0.6) is 5.75 Å². The number of benzene rings is 2. The number of carbonyl (C=O) groups excluding carboxylic acids is 1. The lowest BCUT2D eigenvalue weighted by atomic mass is 10.2. The molecule has 1 amide bonds. The highest BCUT2D eigenvalue weighted by Gasteiger charge is 2.09. The van der Waals surface area contributed by atoms with Crippen molar-refractivity contribution in [2.75, 3.05) is 27.2 Å². The largest absolute Gasteiger partial charge is 0.484 e. The normalized spacial score (nSPS) is 10.7. The first-order valence-corrected chi connectivity index (χ1v) is 9.96. The second kappa shape index (κ2) is 13.4. The van der Waals surface area contributed by atoms with Crippen molar-refractivity contribution in [1.82, 2.24) is 15.5 Å². The summed E-state index contributed by atoms with van der Waals surface area (Å²) in [6.07, 6.45) is 0. The zero-order valence-corrected chi connectivity index (χ0v) is 20.9. The van der Waals surface area contributed by atoms with E-state index in [9.17, 15) is 4.79 Å². The highest BCUT2D eigenvalue weighted by Crippen LogP contribution is 2.17. The summed E-state index contributed by atoms with van der Waals surface area (Å²) in [6, 6.07) is 15.8. The molecule has 29 heavy (non-hydrogen) atoms. The molecule has 0 fully saturated rings. The van der Waals surface area contributed by atoms with Crippen molar-refractivity contribution in [1.29, 1.82) is 0 Å². The molecule has 0 radical (unpaired) electrons. The van der Waals surface area contributed by atoms with Crippen LogP contribution >= 0.6 is 39.9 Å². The van der Waals surface area contributed by atoms with Gasteiger partial charge in [-0.3, -0.25) is 9.79 Å². The maximum Gasteiger partial charge on any atom is 0.257 e. The Kier molecular flexibility index (Phi) is 11.7. The van der Waals surface area contributed by atoms with Crippen LogP contribution in [0.15, 0.2) is 58.0 Å². The van der Waals surface area contributed by atoms with Gasteiger partial charge in [0.1, 0.15) is 5.75 Å². The number of nitrogens with zero attached hydrogens (tertiary/aromatic N) is 2. The molecule has 158 valence electrons. The molecule has 2 aromatic carbocycles. The number of likely N-dealkylation sites (N-methyl/N-ethyl adjacent to an activating group) is 1. The molecule has 0 atom stereocenters. The first kappa shape index (κ1) is 25.2. The minimum Gasteiger partial charge on any atom is -0.484 e. The summed E-state index contributed by atoms with van der Waals surface area (Å²) in [5.74, 6) is 1.34. The second-order valence-corrected chi connectivity index (χ2v) is 7.09. The van der Waals surface area contributed by atoms with Crippen molar-refractivity contribution in [2.24, 2.45) is 4.99 Å². The molecule has 0 unspecified atom stereocenters. The highest BCUT2D eigenvalue weighted by molar-refractivity contribution is 14.0. The zero-order chi connectivity index (χ0) is 20.4. The Bertz CT molecular complexity index is 817.